The van der Waals surface area contributed by atoms with Crippen molar-refractivity contribution in [2.75, 3.05) is 39.8 Å². The van der Waals surface area contributed by atoms with Gasteiger partial charge in [-0.1, -0.05) is 6.92 Å². The number of piperidine rings is 1. The lowest BCUT2D eigenvalue weighted by Gasteiger charge is -2.30. The molecule has 1 saturated heterocycles. The van der Waals surface area contributed by atoms with Gasteiger partial charge in [-0.2, -0.15) is 12.7 Å². The highest BCUT2D eigenvalue weighted by Crippen LogP contribution is 2.15. The minimum atomic E-state index is -3.57. The number of aliphatic carboxylic acids is 1. The summed E-state index contributed by atoms with van der Waals surface area (Å²) in [6, 6.07) is 0. The Labute approximate surface area is 121 Å². The Balaban J connectivity index is 2.27. The second-order valence-electron chi connectivity index (χ2n) is 5.39. The molecule has 0 aromatic carbocycles. The van der Waals surface area contributed by atoms with Crippen LogP contribution in [0.1, 0.15) is 26.2 Å². The Hall–Kier alpha value is -0.700. The van der Waals surface area contributed by atoms with Crippen LogP contribution in [-0.4, -0.2) is 68.5 Å². The summed E-state index contributed by atoms with van der Waals surface area (Å²) >= 11 is 0. The third kappa shape index (κ3) is 6.17. The van der Waals surface area contributed by atoms with E-state index in [0.29, 0.717) is 13.1 Å². The van der Waals surface area contributed by atoms with Crippen LogP contribution in [0.25, 0.3) is 0 Å². The largest absolute Gasteiger partial charge is 0.481 e. The summed E-state index contributed by atoms with van der Waals surface area (Å²) in [7, 11) is -2.19. The number of likely N-dealkylation sites (tertiary alicyclic amines) is 1. The summed E-state index contributed by atoms with van der Waals surface area (Å²) in [6.07, 6.45) is 2.12. The molecular weight excluding hydrogens is 282 g/mol. The molecule has 0 amide bonds. The van der Waals surface area contributed by atoms with Crippen LogP contribution < -0.4 is 4.72 Å². The highest BCUT2D eigenvalue weighted by Gasteiger charge is 2.19. The van der Waals surface area contributed by atoms with Crippen molar-refractivity contribution in [1.82, 2.24) is 13.9 Å². The molecule has 0 aromatic heterocycles. The minimum Gasteiger partial charge on any atom is -0.481 e. The Morgan fingerprint density at radius 1 is 1.40 bits per heavy atom. The lowest BCUT2D eigenvalue weighted by molar-refractivity contribution is -0.137. The molecule has 1 fully saturated rings. The van der Waals surface area contributed by atoms with Gasteiger partial charge in [0, 0.05) is 26.7 Å². The molecule has 1 heterocycles. The van der Waals surface area contributed by atoms with Crippen LogP contribution in [0.5, 0.6) is 0 Å². The van der Waals surface area contributed by atoms with Crippen molar-refractivity contribution in [1.29, 1.82) is 0 Å². The van der Waals surface area contributed by atoms with Crippen molar-refractivity contribution in [2.24, 2.45) is 5.92 Å². The Kier molecular flexibility index (Phi) is 6.87. The molecule has 7 nitrogen and oxygen atoms in total. The van der Waals surface area contributed by atoms with Crippen LogP contribution in [-0.2, 0) is 15.0 Å². The molecule has 0 aromatic rings. The zero-order chi connectivity index (χ0) is 15.2. The van der Waals surface area contributed by atoms with Gasteiger partial charge in [0.25, 0.3) is 10.2 Å². The summed E-state index contributed by atoms with van der Waals surface area (Å²) < 4.78 is 27.2. The standard InChI is InChI=1S/C12H25N3O4S/c1-11-3-8-15(9-4-11)10-6-13-20(18,19)14(2)7-5-12(16)17/h11,13H,3-10H2,1-2H3,(H,16,17). The van der Waals surface area contributed by atoms with Gasteiger partial charge in [-0.25, -0.2) is 4.72 Å². The van der Waals surface area contributed by atoms with Gasteiger partial charge < -0.3 is 10.0 Å². The van der Waals surface area contributed by atoms with Gasteiger partial charge >= 0.3 is 5.97 Å². The lowest BCUT2D eigenvalue weighted by Crippen LogP contribution is -2.43. The Morgan fingerprint density at radius 2 is 2.00 bits per heavy atom. The van der Waals surface area contributed by atoms with Crippen molar-refractivity contribution in [3.63, 3.8) is 0 Å². The molecule has 118 valence electrons. The quantitative estimate of drug-likeness (QED) is 0.657. The van der Waals surface area contributed by atoms with E-state index in [4.69, 9.17) is 5.11 Å². The first kappa shape index (κ1) is 17.4. The molecule has 1 aliphatic rings. The zero-order valence-corrected chi connectivity index (χ0v) is 13.0. The van der Waals surface area contributed by atoms with Crippen LogP contribution in [0.2, 0.25) is 0 Å². The van der Waals surface area contributed by atoms with Crippen molar-refractivity contribution in [3.8, 4) is 0 Å². The van der Waals surface area contributed by atoms with E-state index in [1.165, 1.54) is 7.05 Å². The number of hydrogen-bond donors (Lipinski definition) is 2. The van der Waals surface area contributed by atoms with Gasteiger partial charge in [0.1, 0.15) is 0 Å². The molecule has 1 rings (SSSR count). The van der Waals surface area contributed by atoms with Crippen LogP contribution in [0, 0.1) is 5.92 Å². The summed E-state index contributed by atoms with van der Waals surface area (Å²) in [6.45, 7) is 5.28. The average molecular weight is 307 g/mol. The molecule has 20 heavy (non-hydrogen) atoms. The van der Waals surface area contributed by atoms with Gasteiger partial charge in [-0.05, 0) is 31.8 Å². The number of nitrogens with one attached hydrogen (secondary N) is 1. The maximum absolute atomic E-state index is 11.8. The maximum atomic E-state index is 11.8. The fourth-order valence-corrected chi connectivity index (χ4v) is 3.00. The summed E-state index contributed by atoms with van der Waals surface area (Å²) in [4.78, 5) is 12.7. The van der Waals surface area contributed by atoms with Gasteiger partial charge in [-0.15, -0.1) is 0 Å². The highest BCUT2D eigenvalue weighted by atomic mass is 32.2. The van der Waals surface area contributed by atoms with Gasteiger partial charge in [-0.3, -0.25) is 4.79 Å². The van der Waals surface area contributed by atoms with Crippen LogP contribution in [0.4, 0.5) is 0 Å². The monoisotopic (exact) mass is 307 g/mol. The van der Waals surface area contributed by atoms with E-state index in [9.17, 15) is 13.2 Å². The molecule has 0 saturated carbocycles. The Morgan fingerprint density at radius 3 is 2.55 bits per heavy atom. The molecule has 0 aliphatic carbocycles. The van der Waals surface area contributed by atoms with Crippen LogP contribution in [0.15, 0.2) is 0 Å². The first-order chi connectivity index (χ1) is 9.31. The fourth-order valence-electron chi connectivity index (χ4n) is 2.10. The van der Waals surface area contributed by atoms with E-state index < -0.39 is 16.2 Å². The molecule has 0 unspecified atom stereocenters. The number of carboxylic acid groups (broad SMARTS) is 1. The average Bonchev–Trinajstić information content (AvgIpc) is 2.38. The first-order valence-corrected chi connectivity index (χ1v) is 8.40. The molecule has 2 N–H and O–H groups in total. The summed E-state index contributed by atoms with van der Waals surface area (Å²) in [5, 5.41) is 8.55. The van der Waals surface area contributed by atoms with Crippen molar-refractivity contribution in [2.45, 2.75) is 26.2 Å². The smallest absolute Gasteiger partial charge is 0.304 e. The summed E-state index contributed by atoms with van der Waals surface area (Å²) in [5.41, 5.74) is 0. The van der Waals surface area contributed by atoms with Crippen LogP contribution in [0.3, 0.4) is 0 Å². The number of carboxylic acids is 1. The Bertz CT molecular complexity index is 405. The molecule has 0 radical (unpaired) electrons. The number of carbonyl (C=O) groups is 1. The maximum Gasteiger partial charge on any atom is 0.304 e. The molecule has 0 bridgehead atoms. The van der Waals surface area contributed by atoms with Crippen LogP contribution >= 0.6 is 0 Å². The zero-order valence-electron chi connectivity index (χ0n) is 12.2. The minimum absolute atomic E-state index is 0.0219. The molecule has 0 atom stereocenters. The number of hydrogen-bond acceptors (Lipinski definition) is 4. The third-order valence-electron chi connectivity index (χ3n) is 3.64. The predicted octanol–water partition coefficient (Wildman–Crippen LogP) is -0.0408. The number of nitrogens with zero attached hydrogens (tertiary/aromatic N) is 2. The SMILES string of the molecule is CC1CCN(CCNS(=O)(=O)N(C)CCC(=O)O)CC1. The molecular formula is C12H25N3O4S. The van der Waals surface area contributed by atoms with Crippen molar-refractivity contribution >= 4 is 16.2 Å². The van der Waals surface area contributed by atoms with Gasteiger partial charge in [0.05, 0.1) is 6.42 Å². The topological polar surface area (TPSA) is 90.0 Å². The van der Waals surface area contributed by atoms with E-state index in [1.807, 2.05) is 0 Å². The third-order valence-corrected chi connectivity index (χ3v) is 5.21. The van der Waals surface area contributed by atoms with E-state index in [1.54, 1.807) is 0 Å². The normalized spacial score (nSPS) is 18.6. The molecule has 0 spiro atoms. The highest BCUT2D eigenvalue weighted by molar-refractivity contribution is 7.87. The molecule has 8 heteroatoms. The second-order valence-corrected chi connectivity index (χ2v) is 7.25. The molecule has 1 aliphatic heterocycles. The van der Waals surface area contributed by atoms with E-state index in [2.05, 4.69) is 16.5 Å². The second kappa shape index (κ2) is 7.92. The number of rotatable bonds is 8. The van der Waals surface area contributed by atoms with E-state index in [-0.39, 0.29) is 13.0 Å². The first-order valence-electron chi connectivity index (χ1n) is 6.96. The van der Waals surface area contributed by atoms with Crippen molar-refractivity contribution in [3.05, 3.63) is 0 Å². The van der Waals surface area contributed by atoms with Gasteiger partial charge in [0.15, 0.2) is 0 Å². The van der Waals surface area contributed by atoms with E-state index in [0.717, 1.165) is 36.2 Å². The van der Waals surface area contributed by atoms with Gasteiger partial charge in [0.2, 0.25) is 0 Å². The van der Waals surface area contributed by atoms with E-state index >= 15 is 0 Å². The fraction of sp³-hybridized carbons (Fsp3) is 0.917. The lowest BCUT2D eigenvalue weighted by atomic mass is 9.99. The van der Waals surface area contributed by atoms with Crippen molar-refractivity contribution < 1.29 is 18.3 Å². The predicted molar refractivity (Wildman–Crippen MR) is 76.6 cm³/mol. The summed E-state index contributed by atoms with van der Waals surface area (Å²) in [5.74, 6) is -0.250.